The molecule has 3 aromatic rings. The zero-order valence-corrected chi connectivity index (χ0v) is 18.2. The predicted octanol–water partition coefficient (Wildman–Crippen LogP) is 2.54. The average molecular weight is 451 g/mol. The van der Waals surface area contributed by atoms with E-state index in [0.717, 1.165) is 5.56 Å². The number of anilines is 1. The van der Waals surface area contributed by atoms with E-state index in [9.17, 15) is 13.6 Å². The van der Waals surface area contributed by atoms with Gasteiger partial charge in [0.1, 0.15) is 17.1 Å². The molecule has 3 aliphatic rings. The lowest BCUT2D eigenvalue weighted by Crippen LogP contribution is -2.35. The van der Waals surface area contributed by atoms with E-state index >= 15 is 0 Å². The number of amides is 1. The molecule has 2 aromatic heterocycles. The summed E-state index contributed by atoms with van der Waals surface area (Å²) >= 11 is 0. The van der Waals surface area contributed by atoms with Crippen molar-refractivity contribution in [3.8, 4) is 5.69 Å². The fourth-order valence-corrected chi connectivity index (χ4v) is 5.38. The normalized spacial score (nSPS) is 26.0. The predicted molar refractivity (Wildman–Crippen MR) is 115 cm³/mol. The summed E-state index contributed by atoms with van der Waals surface area (Å²) in [5, 5.41) is 8.11. The van der Waals surface area contributed by atoms with Crippen LogP contribution in [0.5, 0.6) is 0 Å². The summed E-state index contributed by atoms with van der Waals surface area (Å²) in [5.74, 6) is 0.0480. The average Bonchev–Trinajstić information content (AvgIpc) is 3.57. The van der Waals surface area contributed by atoms with Gasteiger partial charge in [0, 0.05) is 44.2 Å². The molecule has 0 saturated carbocycles. The Labute approximate surface area is 189 Å². The minimum atomic E-state index is -1.41. The van der Waals surface area contributed by atoms with Gasteiger partial charge >= 0.3 is 0 Å². The van der Waals surface area contributed by atoms with Crippen molar-refractivity contribution in [2.45, 2.75) is 25.4 Å². The summed E-state index contributed by atoms with van der Waals surface area (Å²) in [7, 11) is 0. The standard InChI is InChI=1S/C23H23F2N7O/c1-23(25)6-5-14-9-26-22(29-20(14)23)31-12-15-10-30(11-16(15)13-31)21(33)19-17(24)3-2-4-18(19)32-27-7-8-28-32/h2-4,7-9,15-16H,5-6,10-13H2,1H3. The van der Waals surface area contributed by atoms with Crippen molar-refractivity contribution < 1.29 is 13.6 Å². The monoisotopic (exact) mass is 451 g/mol. The first-order chi connectivity index (χ1) is 15.9. The van der Waals surface area contributed by atoms with Crippen LogP contribution in [0.3, 0.4) is 0 Å². The van der Waals surface area contributed by atoms with Crippen LogP contribution in [0.25, 0.3) is 5.69 Å². The Kier molecular flexibility index (Phi) is 4.46. The summed E-state index contributed by atoms with van der Waals surface area (Å²) in [6, 6.07) is 4.46. The van der Waals surface area contributed by atoms with Crippen LogP contribution in [0.15, 0.2) is 36.8 Å². The zero-order valence-electron chi connectivity index (χ0n) is 18.2. The van der Waals surface area contributed by atoms with Gasteiger partial charge in [0.2, 0.25) is 5.95 Å². The summed E-state index contributed by atoms with van der Waals surface area (Å²) in [5.41, 5.74) is 0.277. The van der Waals surface area contributed by atoms with Crippen molar-refractivity contribution >= 4 is 11.9 Å². The van der Waals surface area contributed by atoms with Gasteiger partial charge in [-0.05, 0) is 37.5 Å². The Morgan fingerprint density at radius 1 is 1.12 bits per heavy atom. The fraction of sp³-hybridized carbons (Fsp3) is 0.435. The molecule has 10 heteroatoms. The number of aromatic nitrogens is 5. The smallest absolute Gasteiger partial charge is 0.259 e. The molecule has 2 fully saturated rings. The minimum absolute atomic E-state index is 0.0188. The molecule has 3 unspecified atom stereocenters. The van der Waals surface area contributed by atoms with Crippen molar-refractivity contribution in [1.29, 1.82) is 0 Å². The number of carbonyl (C=O) groups is 1. The molecule has 0 bridgehead atoms. The Morgan fingerprint density at radius 3 is 2.58 bits per heavy atom. The van der Waals surface area contributed by atoms with Crippen LogP contribution in [0.4, 0.5) is 14.7 Å². The van der Waals surface area contributed by atoms with E-state index in [1.807, 2.05) is 0 Å². The summed E-state index contributed by atoms with van der Waals surface area (Å²) in [4.78, 5) is 27.4. The van der Waals surface area contributed by atoms with Gasteiger partial charge in [-0.2, -0.15) is 15.0 Å². The number of nitrogens with zero attached hydrogens (tertiary/aromatic N) is 7. The van der Waals surface area contributed by atoms with Crippen LogP contribution in [0.1, 0.15) is 35.0 Å². The van der Waals surface area contributed by atoms with Crippen molar-refractivity contribution in [3.63, 3.8) is 0 Å². The highest BCUT2D eigenvalue weighted by atomic mass is 19.1. The van der Waals surface area contributed by atoms with Crippen LogP contribution in [0, 0.1) is 17.7 Å². The molecule has 8 nitrogen and oxygen atoms in total. The third-order valence-electron chi connectivity index (χ3n) is 7.11. The van der Waals surface area contributed by atoms with Crippen LogP contribution in [-0.2, 0) is 12.1 Å². The van der Waals surface area contributed by atoms with Crippen LogP contribution in [0.2, 0.25) is 0 Å². The Morgan fingerprint density at radius 2 is 1.85 bits per heavy atom. The molecule has 1 aliphatic carbocycles. The van der Waals surface area contributed by atoms with Crippen molar-refractivity contribution in [1.82, 2.24) is 29.9 Å². The summed E-state index contributed by atoms with van der Waals surface area (Å²) < 4.78 is 29.5. The molecule has 6 rings (SSSR count). The SMILES string of the molecule is CC1(F)CCc2cnc(N3CC4CN(C(=O)c5c(F)cccc5-n5nccn5)CC4C3)nc21. The number of likely N-dealkylation sites (tertiary alicyclic amines) is 1. The number of carbonyl (C=O) groups excluding carboxylic acids is 1. The van der Waals surface area contributed by atoms with E-state index in [-0.39, 0.29) is 23.3 Å². The second-order valence-corrected chi connectivity index (χ2v) is 9.33. The van der Waals surface area contributed by atoms with Gasteiger partial charge in [-0.25, -0.2) is 18.7 Å². The number of halogens is 2. The van der Waals surface area contributed by atoms with E-state index in [1.165, 1.54) is 23.3 Å². The quantitative estimate of drug-likeness (QED) is 0.609. The minimum Gasteiger partial charge on any atom is -0.340 e. The molecule has 4 heterocycles. The fourth-order valence-electron chi connectivity index (χ4n) is 5.38. The maximum Gasteiger partial charge on any atom is 0.259 e. The number of alkyl halides is 1. The van der Waals surface area contributed by atoms with E-state index in [2.05, 4.69) is 25.1 Å². The van der Waals surface area contributed by atoms with Gasteiger partial charge in [-0.3, -0.25) is 4.79 Å². The van der Waals surface area contributed by atoms with Gasteiger partial charge in [-0.15, -0.1) is 0 Å². The van der Waals surface area contributed by atoms with Crippen molar-refractivity contribution in [2.24, 2.45) is 11.8 Å². The molecule has 3 atom stereocenters. The summed E-state index contributed by atoms with van der Waals surface area (Å²) in [6.45, 7) is 3.98. The maximum atomic E-state index is 14.8. The largest absolute Gasteiger partial charge is 0.340 e. The summed E-state index contributed by atoms with van der Waals surface area (Å²) in [6.07, 6.45) is 5.82. The van der Waals surface area contributed by atoms with Gasteiger partial charge in [0.05, 0.1) is 18.1 Å². The lowest BCUT2D eigenvalue weighted by atomic mass is 10.0. The second kappa shape index (κ2) is 7.29. The van der Waals surface area contributed by atoms with Crippen molar-refractivity contribution in [2.75, 3.05) is 31.1 Å². The number of benzene rings is 1. The molecule has 2 saturated heterocycles. The van der Waals surface area contributed by atoms with Gasteiger partial charge in [-0.1, -0.05) is 6.07 Å². The van der Waals surface area contributed by atoms with E-state index < -0.39 is 11.5 Å². The van der Waals surface area contributed by atoms with E-state index in [0.29, 0.717) is 56.4 Å². The van der Waals surface area contributed by atoms with Crippen LogP contribution >= 0.6 is 0 Å². The third-order valence-corrected chi connectivity index (χ3v) is 7.11. The Balaban J connectivity index is 1.20. The number of fused-ring (bicyclic) bond motifs is 2. The molecule has 1 amide bonds. The highest BCUT2D eigenvalue weighted by Crippen LogP contribution is 2.40. The molecule has 0 N–H and O–H groups in total. The number of rotatable bonds is 3. The van der Waals surface area contributed by atoms with Gasteiger partial charge in [0.25, 0.3) is 5.91 Å². The second-order valence-electron chi connectivity index (χ2n) is 9.33. The number of hydrogen-bond acceptors (Lipinski definition) is 6. The third kappa shape index (κ3) is 3.27. The zero-order chi connectivity index (χ0) is 22.7. The first kappa shape index (κ1) is 20.2. The molecule has 170 valence electrons. The highest BCUT2D eigenvalue weighted by molar-refractivity contribution is 5.98. The molecule has 0 radical (unpaired) electrons. The maximum absolute atomic E-state index is 14.8. The molecule has 0 spiro atoms. The highest BCUT2D eigenvalue weighted by Gasteiger charge is 2.44. The van der Waals surface area contributed by atoms with E-state index in [4.69, 9.17) is 0 Å². The molecule has 33 heavy (non-hydrogen) atoms. The number of aryl methyl sites for hydroxylation is 1. The first-order valence-electron chi connectivity index (χ1n) is 11.2. The lowest BCUT2D eigenvalue weighted by Gasteiger charge is -2.23. The molecular weight excluding hydrogens is 428 g/mol. The van der Waals surface area contributed by atoms with Gasteiger partial charge < -0.3 is 9.80 Å². The van der Waals surface area contributed by atoms with Crippen molar-refractivity contribution in [3.05, 3.63) is 59.4 Å². The van der Waals surface area contributed by atoms with Gasteiger partial charge in [0.15, 0.2) is 5.67 Å². The first-order valence-corrected chi connectivity index (χ1v) is 11.2. The lowest BCUT2D eigenvalue weighted by molar-refractivity contribution is 0.0777. The number of hydrogen-bond donors (Lipinski definition) is 0. The topological polar surface area (TPSA) is 80.0 Å². The van der Waals surface area contributed by atoms with Crippen LogP contribution < -0.4 is 4.90 Å². The molecule has 2 aliphatic heterocycles. The molecule has 1 aromatic carbocycles. The Bertz CT molecular complexity index is 1220. The van der Waals surface area contributed by atoms with E-state index in [1.54, 1.807) is 30.2 Å². The van der Waals surface area contributed by atoms with Crippen LogP contribution in [-0.4, -0.2) is 61.9 Å². The molecular formula is C23H23F2N7O. The Hall–Kier alpha value is -3.43.